The third-order valence-electron chi connectivity index (χ3n) is 5.01. The van der Waals surface area contributed by atoms with E-state index in [0.29, 0.717) is 24.2 Å². The summed E-state index contributed by atoms with van der Waals surface area (Å²) in [6.45, 7) is 0. The Balaban J connectivity index is 1.56. The van der Waals surface area contributed by atoms with Crippen LogP contribution < -0.4 is 0 Å². The van der Waals surface area contributed by atoms with Gasteiger partial charge in [0.05, 0.1) is 0 Å². The molecule has 2 aliphatic rings. The maximum absolute atomic E-state index is 12.5. The number of benzene rings is 2. The molecule has 0 spiro atoms. The van der Waals surface area contributed by atoms with Crippen LogP contribution in [0.25, 0.3) is 10.8 Å². The molecule has 3 atom stereocenters. The Morgan fingerprint density at radius 1 is 1.05 bits per heavy atom. The Kier molecular flexibility index (Phi) is 2.85. The van der Waals surface area contributed by atoms with Crippen LogP contribution in [0.2, 0.25) is 0 Å². The van der Waals surface area contributed by atoms with Crippen LogP contribution in [0.5, 0.6) is 5.75 Å². The van der Waals surface area contributed by atoms with Crippen molar-refractivity contribution in [2.45, 2.75) is 19.3 Å². The number of allylic oxidation sites excluding steroid dienone is 2. The van der Waals surface area contributed by atoms with E-state index in [0.717, 1.165) is 16.3 Å². The fraction of sp³-hybridized carbons (Fsp3) is 0.316. The van der Waals surface area contributed by atoms with Crippen molar-refractivity contribution in [1.82, 2.24) is 0 Å². The van der Waals surface area contributed by atoms with Gasteiger partial charge in [0.1, 0.15) is 5.75 Å². The van der Waals surface area contributed by atoms with Crippen molar-refractivity contribution in [3.8, 4) is 5.75 Å². The predicted molar refractivity (Wildman–Crippen MR) is 83.4 cm³/mol. The molecule has 2 nitrogen and oxygen atoms in total. The van der Waals surface area contributed by atoms with Crippen molar-refractivity contribution in [1.29, 1.82) is 0 Å². The van der Waals surface area contributed by atoms with Crippen molar-refractivity contribution in [2.24, 2.45) is 17.8 Å². The number of rotatable bonds is 3. The lowest BCUT2D eigenvalue weighted by molar-refractivity contribution is 0.0954. The highest BCUT2D eigenvalue weighted by atomic mass is 16.3. The van der Waals surface area contributed by atoms with E-state index in [1.165, 1.54) is 12.8 Å². The van der Waals surface area contributed by atoms with Crippen molar-refractivity contribution in [3.05, 3.63) is 54.1 Å². The van der Waals surface area contributed by atoms with Crippen molar-refractivity contribution < 1.29 is 9.90 Å². The molecular weight excluding hydrogens is 260 g/mol. The summed E-state index contributed by atoms with van der Waals surface area (Å²) in [5.41, 5.74) is 0.792. The zero-order chi connectivity index (χ0) is 14.4. The number of hydrogen-bond donors (Lipinski definition) is 1. The zero-order valence-corrected chi connectivity index (χ0v) is 11.8. The molecule has 1 saturated carbocycles. The molecular formula is C19H18O2. The summed E-state index contributed by atoms with van der Waals surface area (Å²) < 4.78 is 0. The topological polar surface area (TPSA) is 37.3 Å². The van der Waals surface area contributed by atoms with Gasteiger partial charge in [0.25, 0.3) is 0 Å². The highest BCUT2D eigenvalue weighted by Gasteiger charge is 2.36. The number of phenolic OH excluding ortho intramolecular Hbond substituents is 1. The monoisotopic (exact) mass is 278 g/mol. The standard InChI is InChI=1S/C19H18O2/c20-18-6-5-14-9-16(4-3-15(14)10-18)19(21)11-17-8-12-1-2-13(17)7-12/h1-6,9-10,12-13,17,20H,7-8,11H2. The molecule has 2 aromatic carbocycles. The number of carbonyl (C=O) groups excluding carboxylic acids is 1. The second-order valence-electron chi connectivity index (χ2n) is 6.41. The van der Waals surface area contributed by atoms with E-state index in [2.05, 4.69) is 12.2 Å². The normalized spacial score (nSPS) is 26.6. The molecule has 0 amide bonds. The van der Waals surface area contributed by atoms with Crippen LogP contribution >= 0.6 is 0 Å². The molecule has 0 aliphatic heterocycles. The molecule has 106 valence electrons. The molecule has 2 aromatic rings. The van der Waals surface area contributed by atoms with Crippen LogP contribution in [0.1, 0.15) is 29.6 Å². The summed E-state index contributed by atoms with van der Waals surface area (Å²) in [5, 5.41) is 11.5. The molecule has 0 heterocycles. The Bertz CT molecular complexity index is 744. The van der Waals surface area contributed by atoms with E-state index in [1.54, 1.807) is 12.1 Å². The first-order valence-corrected chi connectivity index (χ1v) is 7.63. The highest BCUT2D eigenvalue weighted by Crippen LogP contribution is 2.45. The van der Waals surface area contributed by atoms with E-state index >= 15 is 0 Å². The van der Waals surface area contributed by atoms with Crippen LogP contribution in [-0.2, 0) is 0 Å². The van der Waals surface area contributed by atoms with E-state index in [4.69, 9.17) is 0 Å². The Labute approximate surface area is 124 Å². The quantitative estimate of drug-likeness (QED) is 0.670. The molecule has 21 heavy (non-hydrogen) atoms. The number of fused-ring (bicyclic) bond motifs is 3. The first-order valence-electron chi connectivity index (χ1n) is 7.63. The maximum atomic E-state index is 12.5. The van der Waals surface area contributed by atoms with Gasteiger partial charge in [-0.05, 0) is 59.6 Å². The number of aromatic hydroxyl groups is 1. The van der Waals surface area contributed by atoms with Crippen molar-refractivity contribution in [3.63, 3.8) is 0 Å². The fourth-order valence-corrected chi connectivity index (χ4v) is 3.89. The number of Topliss-reactive ketones (excluding diaryl/α,β-unsaturated/α-hetero) is 1. The average Bonchev–Trinajstić information content (AvgIpc) is 3.09. The van der Waals surface area contributed by atoms with E-state index in [-0.39, 0.29) is 11.5 Å². The van der Waals surface area contributed by atoms with Gasteiger partial charge in [0, 0.05) is 12.0 Å². The molecule has 2 bridgehead atoms. The smallest absolute Gasteiger partial charge is 0.163 e. The molecule has 1 fully saturated rings. The van der Waals surface area contributed by atoms with E-state index in [1.807, 2.05) is 24.3 Å². The van der Waals surface area contributed by atoms with Gasteiger partial charge >= 0.3 is 0 Å². The fourth-order valence-electron chi connectivity index (χ4n) is 3.89. The molecule has 2 aliphatic carbocycles. The molecule has 1 N–H and O–H groups in total. The van der Waals surface area contributed by atoms with Gasteiger partial charge in [-0.15, -0.1) is 0 Å². The van der Waals surface area contributed by atoms with Gasteiger partial charge in [-0.1, -0.05) is 30.4 Å². The first-order chi connectivity index (χ1) is 10.2. The third kappa shape index (κ3) is 2.25. The summed E-state index contributed by atoms with van der Waals surface area (Å²) in [6.07, 6.45) is 7.70. The minimum atomic E-state index is 0.246. The first kappa shape index (κ1) is 12.6. The average molecular weight is 278 g/mol. The maximum Gasteiger partial charge on any atom is 0.163 e. The van der Waals surface area contributed by atoms with Gasteiger partial charge in [0.15, 0.2) is 5.78 Å². The highest BCUT2D eigenvalue weighted by molar-refractivity contribution is 6.00. The van der Waals surface area contributed by atoms with Gasteiger partial charge in [0.2, 0.25) is 0 Å². The van der Waals surface area contributed by atoms with Gasteiger partial charge in [-0.3, -0.25) is 4.79 Å². The zero-order valence-electron chi connectivity index (χ0n) is 11.8. The number of hydrogen-bond acceptors (Lipinski definition) is 2. The molecule has 4 rings (SSSR count). The van der Waals surface area contributed by atoms with Crippen molar-refractivity contribution >= 4 is 16.6 Å². The molecule has 0 saturated heterocycles. The lowest BCUT2D eigenvalue weighted by atomic mass is 9.87. The number of ketones is 1. The van der Waals surface area contributed by atoms with Crippen molar-refractivity contribution in [2.75, 3.05) is 0 Å². The van der Waals surface area contributed by atoms with Crippen LogP contribution in [0, 0.1) is 17.8 Å². The summed E-state index contributed by atoms with van der Waals surface area (Å²) in [5.74, 6) is 2.37. The van der Waals surface area contributed by atoms with Crippen LogP contribution in [0.3, 0.4) is 0 Å². The van der Waals surface area contributed by atoms with Crippen LogP contribution in [0.4, 0.5) is 0 Å². The van der Waals surface area contributed by atoms with Gasteiger partial charge in [-0.25, -0.2) is 0 Å². The molecule has 0 aromatic heterocycles. The predicted octanol–water partition coefficient (Wildman–Crippen LogP) is 4.33. The second kappa shape index (κ2) is 4.73. The van der Waals surface area contributed by atoms with E-state index < -0.39 is 0 Å². The largest absolute Gasteiger partial charge is 0.508 e. The van der Waals surface area contributed by atoms with Crippen LogP contribution in [0.15, 0.2) is 48.6 Å². The Hall–Kier alpha value is -2.09. The van der Waals surface area contributed by atoms with Gasteiger partial charge < -0.3 is 5.11 Å². The number of carbonyl (C=O) groups is 1. The Morgan fingerprint density at radius 2 is 1.86 bits per heavy atom. The lowest BCUT2D eigenvalue weighted by Gasteiger charge is -2.17. The molecule has 0 radical (unpaired) electrons. The minimum Gasteiger partial charge on any atom is -0.508 e. The summed E-state index contributed by atoms with van der Waals surface area (Å²) in [4.78, 5) is 12.5. The SMILES string of the molecule is O=C(CC1CC2C=CC1C2)c1ccc2cc(O)ccc2c1. The number of phenols is 1. The summed E-state index contributed by atoms with van der Waals surface area (Å²) in [6, 6.07) is 11.0. The third-order valence-corrected chi connectivity index (χ3v) is 5.01. The van der Waals surface area contributed by atoms with Crippen LogP contribution in [-0.4, -0.2) is 10.9 Å². The van der Waals surface area contributed by atoms with Gasteiger partial charge in [-0.2, -0.15) is 0 Å². The Morgan fingerprint density at radius 3 is 2.62 bits per heavy atom. The minimum absolute atomic E-state index is 0.246. The van der Waals surface area contributed by atoms with E-state index in [9.17, 15) is 9.90 Å². The molecule has 2 heteroatoms. The summed E-state index contributed by atoms with van der Waals surface area (Å²) >= 11 is 0. The molecule has 3 unspecified atom stereocenters. The summed E-state index contributed by atoms with van der Waals surface area (Å²) in [7, 11) is 0. The lowest BCUT2D eigenvalue weighted by Crippen LogP contribution is -2.13. The second-order valence-corrected chi connectivity index (χ2v) is 6.41.